The molecule has 0 spiro atoms. The van der Waals surface area contributed by atoms with E-state index in [0.29, 0.717) is 12.4 Å². The zero-order valence-corrected chi connectivity index (χ0v) is 18.0. The van der Waals surface area contributed by atoms with Gasteiger partial charge in [0.2, 0.25) is 5.95 Å². The van der Waals surface area contributed by atoms with Gasteiger partial charge < -0.3 is 10.2 Å². The zero-order valence-electron chi connectivity index (χ0n) is 17.2. The number of rotatable bonds is 6. The van der Waals surface area contributed by atoms with E-state index >= 15 is 0 Å². The van der Waals surface area contributed by atoms with Gasteiger partial charge in [-0.05, 0) is 82.1 Å². The van der Waals surface area contributed by atoms with Crippen LogP contribution in [0.5, 0.6) is 0 Å². The van der Waals surface area contributed by atoms with Gasteiger partial charge in [0.25, 0.3) is 0 Å². The summed E-state index contributed by atoms with van der Waals surface area (Å²) in [5.41, 5.74) is 2.01. The number of aryl methyl sites for hydroxylation is 2. The molecule has 0 radical (unpaired) electrons. The molecule has 0 amide bonds. The van der Waals surface area contributed by atoms with Gasteiger partial charge in [-0.15, -0.1) is 0 Å². The van der Waals surface area contributed by atoms with Crippen LogP contribution in [0.1, 0.15) is 36.9 Å². The number of likely N-dealkylation sites (tertiary alicyclic amines) is 1. The van der Waals surface area contributed by atoms with Crippen LogP contribution in [-0.2, 0) is 0 Å². The predicted octanol–water partition coefficient (Wildman–Crippen LogP) is 3.94. The number of anilines is 3. The Hall–Kier alpha value is -1.80. The van der Waals surface area contributed by atoms with E-state index < -0.39 is 0 Å². The lowest BCUT2D eigenvalue weighted by atomic mass is 9.84. The molecule has 5 rings (SSSR count). The van der Waals surface area contributed by atoms with Crippen LogP contribution in [0, 0.1) is 25.7 Å². The number of alkyl halides is 1. The maximum atomic E-state index is 13.5. The first-order valence-corrected chi connectivity index (χ1v) is 11.4. The smallest absolute Gasteiger partial charge is 0.229 e. The van der Waals surface area contributed by atoms with Crippen LogP contribution < -0.4 is 10.2 Å². The van der Waals surface area contributed by atoms with E-state index in [1.54, 1.807) is 0 Å². The fourth-order valence-corrected chi connectivity index (χ4v) is 5.75. The Morgan fingerprint density at radius 3 is 2.66 bits per heavy atom. The highest BCUT2D eigenvalue weighted by Gasteiger charge is 2.50. The summed E-state index contributed by atoms with van der Waals surface area (Å²) in [4.78, 5) is 14.1. The van der Waals surface area contributed by atoms with Gasteiger partial charge in [0, 0.05) is 24.8 Å². The Morgan fingerprint density at radius 1 is 1.24 bits per heavy atom. The third-order valence-electron chi connectivity index (χ3n) is 6.92. The molecule has 2 aromatic heterocycles. The molecule has 29 heavy (non-hydrogen) atoms. The number of nitrogens with one attached hydrogen (secondary N) is 1. The molecule has 3 aliphatic rings. The van der Waals surface area contributed by atoms with Crippen molar-refractivity contribution in [2.45, 2.75) is 45.1 Å². The SMILES string of the molecule is Cc1cc(Nc2ncc(C)c(N3CC(CCF)(N4CCC5CC5CC4)C3)n2)sn1. The highest BCUT2D eigenvalue weighted by molar-refractivity contribution is 7.10. The van der Waals surface area contributed by atoms with Crippen LogP contribution in [0.15, 0.2) is 12.3 Å². The molecule has 1 N–H and O–H groups in total. The van der Waals surface area contributed by atoms with E-state index in [2.05, 4.69) is 24.5 Å². The van der Waals surface area contributed by atoms with E-state index in [9.17, 15) is 4.39 Å². The molecule has 1 saturated carbocycles. The standard InChI is InChI=1S/C21H29FN6S/c1-14-11-23-20(24-18-9-15(2)26-29-18)25-19(14)27-12-21(13-27,5-6-22)28-7-3-16-10-17(16)4-8-28/h9,11,16-17H,3-8,10,12-13H2,1-2H3,(H,23,24,25). The summed E-state index contributed by atoms with van der Waals surface area (Å²) in [5, 5.41) is 4.20. The summed E-state index contributed by atoms with van der Waals surface area (Å²) in [5.74, 6) is 3.42. The quantitative estimate of drug-likeness (QED) is 0.770. The topological polar surface area (TPSA) is 57.2 Å². The highest BCUT2D eigenvalue weighted by Crippen LogP contribution is 2.47. The van der Waals surface area contributed by atoms with Crippen LogP contribution in [0.3, 0.4) is 0 Å². The molecule has 2 aliphatic heterocycles. The number of fused-ring (bicyclic) bond motifs is 1. The number of hydrogen-bond acceptors (Lipinski definition) is 7. The monoisotopic (exact) mass is 416 g/mol. The van der Waals surface area contributed by atoms with Crippen LogP contribution in [-0.4, -0.2) is 57.6 Å². The Kier molecular flexibility index (Phi) is 4.94. The van der Waals surface area contributed by atoms with Gasteiger partial charge in [-0.1, -0.05) is 0 Å². The van der Waals surface area contributed by atoms with Crippen molar-refractivity contribution in [2.24, 2.45) is 11.8 Å². The minimum Gasteiger partial charge on any atom is -0.352 e. The molecular weight excluding hydrogens is 387 g/mol. The summed E-state index contributed by atoms with van der Waals surface area (Å²) >= 11 is 1.41. The second kappa shape index (κ2) is 7.47. The predicted molar refractivity (Wildman–Crippen MR) is 115 cm³/mol. The van der Waals surface area contributed by atoms with Crippen molar-refractivity contribution in [3.63, 3.8) is 0 Å². The molecule has 3 fully saturated rings. The first kappa shape index (κ1) is 19.2. The lowest BCUT2D eigenvalue weighted by Gasteiger charge is -2.56. The molecule has 2 atom stereocenters. The number of aromatic nitrogens is 3. The zero-order chi connectivity index (χ0) is 20.0. The van der Waals surface area contributed by atoms with Crippen LogP contribution in [0.4, 0.5) is 21.2 Å². The summed E-state index contributed by atoms with van der Waals surface area (Å²) in [6, 6.07) is 1.99. The summed E-state index contributed by atoms with van der Waals surface area (Å²) < 4.78 is 17.8. The maximum absolute atomic E-state index is 13.5. The first-order valence-electron chi connectivity index (χ1n) is 10.7. The summed E-state index contributed by atoms with van der Waals surface area (Å²) in [7, 11) is 0. The molecule has 4 heterocycles. The molecule has 0 bridgehead atoms. The van der Waals surface area contributed by atoms with Gasteiger partial charge in [-0.25, -0.2) is 4.98 Å². The second-order valence-electron chi connectivity index (χ2n) is 9.00. The lowest BCUT2D eigenvalue weighted by molar-refractivity contribution is 0.0438. The Bertz CT molecular complexity index is 868. The third kappa shape index (κ3) is 3.72. The van der Waals surface area contributed by atoms with Gasteiger partial charge in [0.15, 0.2) is 0 Å². The summed E-state index contributed by atoms with van der Waals surface area (Å²) in [6.07, 6.45) is 6.48. The van der Waals surface area contributed by atoms with Crippen molar-refractivity contribution in [1.29, 1.82) is 0 Å². The van der Waals surface area contributed by atoms with Crippen molar-refractivity contribution in [2.75, 3.05) is 43.1 Å². The molecule has 0 aromatic carbocycles. The molecule has 8 heteroatoms. The van der Waals surface area contributed by atoms with Crippen molar-refractivity contribution in [1.82, 2.24) is 19.2 Å². The van der Waals surface area contributed by atoms with Gasteiger partial charge in [0.1, 0.15) is 10.8 Å². The van der Waals surface area contributed by atoms with E-state index in [1.165, 1.54) is 30.8 Å². The van der Waals surface area contributed by atoms with Crippen LogP contribution in [0.25, 0.3) is 0 Å². The Labute approximate surface area is 175 Å². The minimum absolute atomic E-state index is 0.0364. The third-order valence-corrected chi connectivity index (χ3v) is 7.71. The lowest BCUT2D eigenvalue weighted by Crippen LogP contribution is -2.71. The normalized spacial score (nSPS) is 25.8. The van der Waals surface area contributed by atoms with Crippen molar-refractivity contribution >= 4 is 28.3 Å². The van der Waals surface area contributed by atoms with Gasteiger partial charge in [-0.2, -0.15) is 9.36 Å². The van der Waals surface area contributed by atoms with E-state index in [-0.39, 0.29) is 12.2 Å². The average Bonchev–Trinajstić information content (AvgIpc) is 3.34. The summed E-state index contributed by atoms with van der Waals surface area (Å²) in [6.45, 7) is 7.71. The fraction of sp³-hybridized carbons (Fsp3) is 0.667. The number of halogens is 1. The molecule has 2 saturated heterocycles. The number of nitrogens with zero attached hydrogens (tertiary/aromatic N) is 5. The maximum Gasteiger partial charge on any atom is 0.229 e. The first-order chi connectivity index (χ1) is 14.1. The van der Waals surface area contributed by atoms with Gasteiger partial charge in [-0.3, -0.25) is 9.29 Å². The van der Waals surface area contributed by atoms with E-state index in [1.807, 2.05) is 26.1 Å². The molecule has 2 unspecified atom stereocenters. The minimum atomic E-state index is -0.252. The number of hydrogen-bond donors (Lipinski definition) is 1. The average molecular weight is 417 g/mol. The molecule has 6 nitrogen and oxygen atoms in total. The molecule has 1 aliphatic carbocycles. The van der Waals surface area contributed by atoms with Gasteiger partial charge >= 0.3 is 0 Å². The van der Waals surface area contributed by atoms with E-state index in [0.717, 1.165) is 60.1 Å². The van der Waals surface area contributed by atoms with Crippen molar-refractivity contribution in [3.8, 4) is 0 Å². The van der Waals surface area contributed by atoms with Crippen LogP contribution >= 0.6 is 11.5 Å². The molecule has 2 aromatic rings. The molecule has 156 valence electrons. The van der Waals surface area contributed by atoms with Crippen molar-refractivity contribution < 1.29 is 4.39 Å². The second-order valence-corrected chi connectivity index (χ2v) is 9.80. The Morgan fingerprint density at radius 2 is 2.00 bits per heavy atom. The largest absolute Gasteiger partial charge is 0.352 e. The Balaban J connectivity index is 1.30. The molecular formula is C21H29FN6S. The highest BCUT2D eigenvalue weighted by atomic mass is 32.1. The van der Waals surface area contributed by atoms with Crippen molar-refractivity contribution in [3.05, 3.63) is 23.5 Å². The van der Waals surface area contributed by atoms with Gasteiger partial charge in [0.05, 0.1) is 17.9 Å². The van der Waals surface area contributed by atoms with Crippen LogP contribution in [0.2, 0.25) is 0 Å². The fourth-order valence-electron chi connectivity index (χ4n) is 5.10. The van der Waals surface area contributed by atoms with E-state index in [4.69, 9.17) is 4.98 Å².